The highest BCUT2D eigenvalue weighted by Gasteiger charge is 2.29. The van der Waals surface area contributed by atoms with E-state index >= 15 is 0 Å². The number of aliphatic hydroxyl groups is 1. The molecule has 0 amide bonds. The maximum Gasteiger partial charge on any atom is 0.101 e. The van der Waals surface area contributed by atoms with Crippen LogP contribution >= 0.6 is 12.2 Å². The molecule has 0 bridgehead atoms. The minimum absolute atomic E-state index is 0.00511. The minimum atomic E-state index is -0.522. The predicted molar refractivity (Wildman–Crippen MR) is 95.3 cm³/mol. The van der Waals surface area contributed by atoms with E-state index in [1.54, 1.807) is 0 Å². The second-order valence-corrected chi connectivity index (χ2v) is 5.84. The number of thiocarbonyl (C=S) groups is 1. The van der Waals surface area contributed by atoms with Gasteiger partial charge in [0.15, 0.2) is 0 Å². The first-order valence-corrected chi connectivity index (χ1v) is 7.96. The van der Waals surface area contributed by atoms with E-state index in [0.29, 0.717) is 6.61 Å². The van der Waals surface area contributed by atoms with Crippen molar-refractivity contribution < 1.29 is 9.84 Å². The van der Waals surface area contributed by atoms with Gasteiger partial charge in [0.2, 0.25) is 0 Å². The van der Waals surface area contributed by atoms with Crippen LogP contribution in [0.15, 0.2) is 54.6 Å². The second kappa shape index (κ2) is 7.63. The molecule has 2 aromatic carbocycles. The van der Waals surface area contributed by atoms with E-state index in [1.165, 1.54) is 11.1 Å². The molecule has 0 fully saturated rings. The van der Waals surface area contributed by atoms with Crippen LogP contribution in [0.5, 0.6) is 0 Å². The van der Waals surface area contributed by atoms with Gasteiger partial charge in [-0.2, -0.15) is 0 Å². The molecule has 1 N–H and O–H groups in total. The van der Waals surface area contributed by atoms with Gasteiger partial charge in [-0.1, -0.05) is 73.7 Å². The zero-order valence-electron chi connectivity index (χ0n) is 13.1. The summed E-state index contributed by atoms with van der Waals surface area (Å²) in [6.45, 7) is 4.33. The van der Waals surface area contributed by atoms with Crippen LogP contribution in [0.4, 0.5) is 0 Å². The molecule has 2 rings (SSSR count). The van der Waals surface area contributed by atoms with E-state index in [-0.39, 0.29) is 6.61 Å². The fourth-order valence-corrected chi connectivity index (χ4v) is 2.69. The summed E-state index contributed by atoms with van der Waals surface area (Å²) >= 11 is 5.62. The molecule has 116 valence electrons. The molecule has 0 aliphatic rings. The molecule has 0 saturated heterocycles. The van der Waals surface area contributed by atoms with Gasteiger partial charge in [-0.15, -0.1) is 0 Å². The maximum absolute atomic E-state index is 8.97. The van der Waals surface area contributed by atoms with E-state index in [0.717, 1.165) is 16.8 Å². The lowest BCUT2D eigenvalue weighted by atomic mass is 9.92. The van der Waals surface area contributed by atoms with Gasteiger partial charge in [-0.3, -0.25) is 0 Å². The van der Waals surface area contributed by atoms with Crippen LogP contribution in [0.25, 0.3) is 11.1 Å². The van der Waals surface area contributed by atoms with Crippen molar-refractivity contribution in [2.24, 2.45) is 0 Å². The molecule has 0 aliphatic heterocycles. The highest BCUT2D eigenvalue weighted by molar-refractivity contribution is 7.81. The average Bonchev–Trinajstić information content (AvgIpc) is 2.60. The van der Waals surface area contributed by atoms with Gasteiger partial charge in [0.05, 0.1) is 18.1 Å². The van der Waals surface area contributed by atoms with Gasteiger partial charge in [0.1, 0.15) is 5.60 Å². The van der Waals surface area contributed by atoms with Gasteiger partial charge in [0, 0.05) is 0 Å². The summed E-state index contributed by atoms with van der Waals surface area (Å²) in [5.74, 6) is 0. The van der Waals surface area contributed by atoms with Crippen molar-refractivity contribution in [2.75, 3.05) is 13.2 Å². The number of aliphatic hydroxyl groups excluding tert-OH is 1. The molecule has 1 unspecified atom stereocenters. The summed E-state index contributed by atoms with van der Waals surface area (Å²) in [5, 5.41) is 8.97. The van der Waals surface area contributed by atoms with Gasteiger partial charge < -0.3 is 9.84 Å². The zero-order valence-corrected chi connectivity index (χ0v) is 13.9. The lowest BCUT2D eigenvalue weighted by molar-refractivity contribution is 0.000651. The number of rotatable bonds is 7. The summed E-state index contributed by atoms with van der Waals surface area (Å²) < 4.78 is 5.77. The van der Waals surface area contributed by atoms with Gasteiger partial charge >= 0.3 is 0 Å². The van der Waals surface area contributed by atoms with Crippen LogP contribution in [0.2, 0.25) is 0 Å². The first-order valence-electron chi connectivity index (χ1n) is 7.56. The smallest absolute Gasteiger partial charge is 0.101 e. The predicted octanol–water partition coefficient (Wildman–Crippen LogP) is 4.25. The molecular formula is C19H22O2S. The average molecular weight is 314 g/mol. The molecule has 2 nitrogen and oxygen atoms in total. The van der Waals surface area contributed by atoms with Gasteiger partial charge in [0.25, 0.3) is 0 Å². The monoisotopic (exact) mass is 314 g/mol. The Labute approximate surface area is 137 Å². The molecule has 0 heterocycles. The number of benzene rings is 2. The van der Waals surface area contributed by atoms with Crippen molar-refractivity contribution in [3.63, 3.8) is 0 Å². The van der Waals surface area contributed by atoms with Crippen molar-refractivity contribution in [1.82, 2.24) is 0 Å². The highest BCUT2D eigenvalue weighted by Crippen LogP contribution is 2.25. The minimum Gasteiger partial charge on any atom is -0.394 e. The SMILES string of the molecule is CCC(C)(OCCO)C(=S)c1ccc(-c2ccccc2)cc1. The number of hydrogen-bond donors (Lipinski definition) is 1. The fourth-order valence-electron chi connectivity index (χ4n) is 2.35. The third-order valence-corrected chi connectivity index (χ3v) is 4.59. The number of ether oxygens (including phenoxy) is 1. The van der Waals surface area contributed by atoms with Gasteiger partial charge in [-0.25, -0.2) is 0 Å². The molecule has 0 spiro atoms. The first kappa shape index (κ1) is 16.8. The molecular weight excluding hydrogens is 292 g/mol. The summed E-state index contributed by atoms with van der Waals surface area (Å²) in [5.41, 5.74) is 2.83. The van der Waals surface area contributed by atoms with Crippen LogP contribution < -0.4 is 0 Å². The molecule has 3 heteroatoms. The van der Waals surface area contributed by atoms with E-state index in [1.807, 2.05) is 44.2 Å². The third-order valence-electron chi connectivity index (χ3n) is 3.92. The zero-order chi connectivity index (χ0) is 16.0. The molecule has 22 heavy (non-hydrogen) atoms. The Morgan fingerprint density at radius 1 is 1.05 bits per heavy atom. The summed E-state index contributed by atoms with van der Waals surface area (Å²) in [7, 11) is 0. The van der Waals surface area contributed by atoms with Crippen LogP contribution in [-0.4, -0.2) is 28.8 Å². The molecule has 1 atom stereocenters. The van der Waals surface area contributed by atoms with E-state index in [4.69, 9.17) is 22.1 Å². The van der Waals surface area contributed by atoms with Crippen molar-refractivity contribution in [1.29, 1.82) is 0 Å². The Morgan fingerprint density at radius 3 is 2.18 bits per heavy atom. The van der Waals surface area contributed by atoms with Crippen molar-refractivity contribution in [2.45, 2.75) is 25.9 Å². The van der Waals surface area contributed by atoms with Crippen LogP contribution in [-0.2, 0) is 4.74 Å². The third kappa shape index (κ3) is 3.80. The summed E-state index contributed by atoms with van der Waals surface area (Å²) in [4.78, 5) is 0.781. The van der Waals surface area contributed by atoms with Crippen LogP contribution in [0.3, 0.4) is 0 Å². The van der Waals surface area contributed by atoms with E-state index < -0.39 is 5.60 Å². The number of hydrogen-bond acceptors (Lipinski definition) is 3. The molecule has 0 saturated carbocycles. The van der Waals surface area contributed by atoms with E-state index in [9.17, 15) is 0 Å². The Bertz CT molecular complexity index is 607. The fraction of sp³-hybridized carbons (Fsp3) is 0.316. The molecule has 0 radical (unpaired) electrons. The molecule has 2 aromatic rings. The molecule has 0 aliphatic carbocycles. The second-order valence-electron chi connectivity index (χ2n) is 5.43. The maximum atomic E-state index is 8.97. The Morgan fingerprint density at radius 2 is 1.64 bits per heavy atom. The van der Waals surface area contributed by atoms with Gasteiger partial charge in [-0.05, 0) is 30.0 Å². The largest absolute Gasteiger partial charge is 0.394 e. The quantitative estimate of drug-likeness (QED) is 0.612. The summed E-state index contributed by atoms with van der Waals surface area (Å²) in [6, 6.07) is 18.5. The normalized spacial score (nSPS) is 13.6. The van der Waals surface area contributed by atoms with Crippen LogP contribution in [0, 0.1) is 0 Å². The van der Waals surface area contributed by atoms with Crippen LogP contribution in [0.1, 0.15) is 25.8 Å². The standard InChI is InChI=1S/C19H22O2S/c1-3-19(2,21-14-13-20)18(22)17-11-9-16(10-12-17)15-7-5-4-6-8-15/h4-12,20H,3,13-14H2,1-2H3. The highest BCUT2D eigenvalue weighted by atomic mass is 32.1. The lowest BCUT2D eigenvalue weighted by Gasteiger charge is -2.29. The Balaban J connectivity index is 2.20. The Kier molecular flexibility index (Phi) is 5.83. The first-order chi connectivity index (χ1) is 10.6. The van der Waals surface area contributed by atoms with E-state index in [2.05, 4.69) is 24.3 Å². The Hall–Kier alpha value is -1.55. The van der Waals surface area contributed by atoms with Crippen molar-refractivity contribution in [3.8, 4) is 11.1 Å². The van der Waals surface area contributed by atoms with Crippen molar-refractivity contribution >= 4 is 17.1 Å². The topological polar surface area (TPSA) is 29.5 Å². The van der Waals surface area contributed by atoms with Crippen molar-refractivity contribution in [3.05, 3.63) is 60.2 Å². The lowest BCUT2D eigenvalue weighted by Crippen LogP contribution is -2.38. The summed E-state index contributed by atoms with van der Waals surface area (Å²) in [6.07, 6.45) is 0.770. The molecule has 0 aromatic heterocycles.